The number of aliphatic carboxylic acids is 4. The zero-order valence-electron chi connectivity index (χ0n) is 78.3. The van der Waals surface area contributed by atoms with Crippen molar-refractivity contribution in [2.45, 2.75) is 137 Å². The smallest absolute Gasteiger partial charge is 0.480 e. The second-order valence-corrected chi connectivity index (χ2v) is 31.6. The van der Waals surface area contributed by atoms with Crippen LogP contribution in [0.3, 0.4) is 0 Å². The highest BCUT2D eigenvalue weighted by Crippen LogP contribution is 2.39. The van der Waals surface area contributed by atoms with E-state index in [1.165, 1.54) is 32.7 Å². The van der Waals surface area contributed by atoms with Crippen molar-refractivity contribution < 1.29 is 130 Å². The number of anilines is 4. The van der Waals surface area contributed by atoms with Crippen molar-refractivity contribution in [1.82, 2.24) is 88.4 Å². The normalized spacial score (nSPS) is 14.0. The van der Waals surface area contributed by atoms with Gasteiger partial charge in [0.05, 0.1) is 51.0 Å². The summed E-state index contributed by atoms with van der Waals surface area (Å²) in [7, 11) is 1.20. The van der Waals surface area contributed by atoms with Crippen molar-refractivity contribution >= 4 is 92.8 Å². The molecule has 0 spiro atoms. The number of fused-ring (bicyclic) bond motifs is 3. The standard InChI is InChI=1S/C27H25N7O.C21H29F3N4O5.C21H22N6O3.C15H17F3N6O.3C2HF3O2/c1-2-3-15-33-25-24(30-27(33)32-16-13-29-14-17-32)23(20-9-5-4-6-10-20)31-34(26(25)35)19-22-12-8-7-11-21(22)18-28;1-6-8-9-28-15(17(30)32-7-2)14(16(29)21(22,23)24)25-18(28)26-10-12-27(13-11-26)19(31)33-20(3,4)5;1-2-3-11-26-19-18(23-21(26)25-12-9-22-10-13-25)17(15-7-5-4-6-8-15)24-27(20(19)30)14-16(28)29;1-3-4-7-24-11-10(20-14(24)23-8-5-19-6-9-23)12(15(16,17)18)21-22(2)13(11)25;3*3-2(4,5)1(6)7/h4-12,29H,13-17,19H2,1H3;16,29H,7,9-13H2,1-5H3;4-8,22H,9-14H2,1H3,(H,28,29);19H,5-9H2,1-2H3;3*(H,6,7). The van der Waals surface area contributed by atoms with Crippen LogP contribution in [0, 0.1) is 58.7 Å². The number of carboxylic acids is 4. The maximum atomic E-state index is 13.9. The van der Waals surface area contributed by atoms with Gasteiger partial charge in [0.1, 0.15) is 62.3 Å². The van der Waals surface area contributed by atoms with Gasteiger partial charge >= 0.3 is 66.8 Å². The van der Waals surface area contributed by atoms with Crippen LogP contribution in [0.4, 0.5) is 94.4 Å². The zero-order chi connectivity index (χ0) is 107. The third-order valence-electron chi connectivity index (χ3n) is 20.5. The summed E-state index contributed by atoms with van der Waals surface area (Å²) in [5.74, 6) is 14.1. The molecule has 4 aliphatic rings. The van der Waals surface area contributed by atoms with E-state index in [2.05, 4.69) is 99.3 Å². The SMILES string of the molecule is CC#CCn1c(N2CCN(C(=O)OC(C)(C)C)CC2)nc(C(O)C(F)(F)F)c1C(=O)OCC.CC#CCn1c(N2CCNCC2)nc2c(-c3ccccc3)nn(CC(=O)O)c(=O)c21.CC#CCn1c(N2CCNCC2)nc2c(-c3ccccc3)nn(Cc3ccccc3C#N)c(=O)c21.CC#CCn1c(N2CCNCC2)nc2c(C(F)(F)F)nn(C)c(=O)c21.O=C(O)C(F)(F)F.O=C(O)C(F)(F)F.O=C(O)C(F)(F)F. The number of carboxylic acid groups (broad SMARTS) is 4. The molecule has 14 rings (SSSR count). The Morgan fingerprint density at radius 2 is 0.826 bits per heavy atom. The van der Waals surface area contributed by atoms with Gasteiger partial charge in [-0.05, 0) is 67.0 Å². The van der Waals surface area contributed by atoms with E-state index in [9.17, 15) is 110 Å². The molecule has 10 aromatic rings. The van der Waals surface area contributed by atoms with Crippen molar-refractivity contribution in [3.63, 3.8) is 0 Å². The molecular formula is C90H96F15N23O16. The minimum atomic E-state index is -5.08. The number of rotatable bonds is 17. The van der Waals surface area contributed by atoms with E-state index in [0.29, 0.717) is 88.3 Å². The molecule has 0 saturated carbocycles. The third kappa shape index (κ3) is 29.9. The number of imidazole rings is 4. The Morgan fingerprint density at radius 1 is 0.472 bits per heavy atom. The van der Waals surface area contributed by atoms with Crippen molar-refractivity contribution in [3.8, 4) is 75.9 Å². The Hall–Kier alpha value is -15.7. The molecule has 39 nitrogen and oxygen atoms in total. The average molecular weight is 2040 g/mol. The molecular weight excluding hydrogens is 1940 g/mol. The first-order valence-corrected chi connectivity index (χ1v) is 43.3. The van der Waals surface area contributed by atoms with E-state index in [1.807, 2.05) is 88.3 Å². The van der Waals surface area contributed by atoms with E-state index in [-0.39, 0.29) is 76.0 Å². The Kier molecular flexibility index (Phi) is 39.5. The van der Waals surface area contributed by atoms with Gasteiger partial charge in [-0.1, -0.05) is 103 Å². The Labute approximate surface area is 808 Å². The number of carbonyl (C=O) groups excluding carboxylic acids is 2. The quantitative estimate of drug-likeness (QED) is 0.0240. The number of esters is 1. The van der Waals surface area contributed by atoms with Gasteiger partial charge in [-0.2, -0.15) is 86.4 Å². The fourth-order valence-electron chi connectivity index (χ4n) is 14.0. The number of aliphatic hydroxyl groups excluding tert-OH is 1. The molecule has 772 valence electrons. The average Bonchev–Trinajstić information content (AvgIpc) is 1.59. The lowest BCUT2D eigenvalue weighted by molar-refractivity contribution is -0.208. The number of nitrogens with one attached hydrogen (secondary N) is 3. The number of carbonyl (C=O) groups is 6. The molecule has 1 amide bonds. The summed E-state index contributed by atoms with van der Waals surface area (Å²) in [5, 5.41) is 72.5. The Balaban J connectivity index is 0.000000220. The Bertz CT molecular complexity index is 6690. The van der Waals surface area contributed by atoms with Crippen LogP contribution in [0.1, 0.15) is 94.5 Å². The van der Waals surface area contributed by atoms with E-state index in [0.717, 1.165) is 79.7 Å². The number of aliphatic hydroxyl groups is 1. The summed E-state index contributed by atoms with van der Waals surface area (Å²) >= 11 is 0. The molecule has 11 heterocycles. The predicted octanol–water partition coefficient (Wildman–Crippen LogP) is 8.61. The first-order valence-electron chi connectivity index (χ1n) is 43.3. The number of halogens is 15. The number of amides is 1. The number of ether oxygens (including phenoxy) is 2. The molecule has 0 bridgehead atoms. The number of nitrogens with zero attached hydrogens (tertiary/aromatic N) is 20. The molecule has 8 N–H and O–H groups in total. The third-order valence-corrected chi connectivity index (χ3v) is 20.5. The number of aromatic nitrogens is 14. The van der Waals surface area contributed by atoms with Crippen LogP contribution in [0.2, 0.25) is 0 Å². The molecule has 3 aromatic carbocycles. The van der Waals surface area contributed by atoms with Crippen molar-refractivity contribution in [2.75, 3.05) is 131 Å². The minimum Gasteiger partial charge on any atom is -0.480 e. The summed E-state index contributed by atoms with van der Waals surface area (Å²) in [6.45, 7) is 23.5. The maximum absolute atomic E-state index is 13.9. The second kappa shape index (κ2) is 50.1. The van der Waals surface area contributed by atoms with Crippen molar-refractivity contribution in [1.29, 1.82) is 5.26 Å². The first-order chi connectivity index (χ1) is 67.8. The van der Waals surface area contributed by atoms with Gasteiger partial charge in [-0.3, -0.25) is 37.4 Å². The van der Waals surface area contributed by atoms with Crippen molar-refractivity contribution in [3.05, 3.63) is 144 Å². The molecule has 4 aliphatic heterocycles. The van der Waals surface area contributed by atoms with Gasteiger partial charge in [0.2, 0.25) is 23.8 Å². The number of alkyl halides is 15. The maximum Gasteiger partial charge on any atom is 0.490 e. The fourth-order valence-corrected chi connectivity index (χ4v) is 14.0. The molecule has 4 saturated heterocycles. The van der Waals surface area contributed by atoms with Crippen LogP contribution in [-0.4, -0.2) is 276 Å². The molecule has 1 unspecified atom stereocenters. The van der Waals surface area contributed by atoms with Gasteiger partial charge < -0.3 is 75.5 Å². The highest BCUT2D eigenvalue weighted by atomic mass is 19.4. The van der Waals surface area contributed by atoms with E-state index in [1.54, 1.807) is 64.0 Å². The fraction of sp³-hybridized carbons (Fsp3) is 0.433. The summed E-state index contributed by atoms with van der Waals surface area (Å²) in [6, 6.07) is 28.6. The number of hydrogen-bond acceptors (Lipinski definition) is 27. The molecule has 0 radical (unpaired) electrons. The highest BCUT2D eigenvalue weighted by Gasteiger charge is 2.47. The van der Waals surface area contributed by atoms with Gasteiger partial charge in [-0.15, -0.1) is 23.7 Å². The molecule has 7 aromatic heterocycles. The second-order valence-electron chi connectivity index (χ2n) is 31.6. The topological polar surface area (TPSA) is 474 Å². The summed E-state index contributed by atoms with van der Waals surface area (Å²) < 4.78 is 195. The minimum absolute atomic E-state index is 0.0305. The number of nitriles is 1. The van der Waals surface area contributed by atoms with E-state index in [4.69, 9.17) is 54.2 Å². The van der Waals surface area contributed by atoms with Crippen LogP contribution in [-0.2, 0) is 81.1 Å². The molecule has 4 fully saturated rings. The van der Waals surface area contributed by atoms with Crippen LogP contribution >= 0.6 is 0 Å². The van der Waals surface area contributed by atoms with Gasteiger partial charge in [-0.25, -0.2) is 58.0 Å². The molecule has 0 aliphatic carbocycles. The van der Waals surface area contributed by atoms with Gasteiger partial charge in [0.15, 0.2) is 17.5 Å². The summed E-state index contributed by atoms with van der Waals surface area (Å²) in [5.41, 5.74) is 0.734. The van der Waals surface area contributed by atoms with Crippen molar-refractivity contribution in [2.24, 2.45) is 7.05 Å². The largest absolute Gasteiger partial charge is 0.490 e. The van der Waals surface area contributed by atoms with Crippen LogP contribution in [0.25, 0.3) is 55.6 Å². The number of hydrogen-bond donors (Lipinski definition) is 8. The van der Waals surface area contributed by atoms with Gasteiger partial charge in [0, 0.05) is 123 Å². The summed E-state index contributed by atoms with van der Waals surface area (Å²) in [4.78, 5) is 130. The van der Waals surface area contributed by atoms with Crippen LogP contribution in [0.15, 0.2) is 99.3 Å². The van der Waals surface area contributed by atoms with E-state index >= 15 is 0 Å². The lowest BCUT2D eigenvalue weighted by atomic mass is 10.1. The predicted molar refractivity (Wildman–Crippen MR) is 489 cm³/mol. The molecule has 54 heteroatoms. The highest BCUT2D eigenvalue weighted by molar-refractivity contribution is 5.93. The molecule has 1 atom stereocenters. The number of benzene rings is 3. The van der Waals surface area contributed by atoms with Crippen LogP contribution in [0.5, 0.6) is 0 Å². The van der Waals surface area contributed by atoms with Gasteiger partial charge in [0.25, 0.3) is 16.7 Å². The Morgan fingerprint density at radius 3 is 1.19 bits per heavy atom. The number of aryl methyl sites for hydroxylation is 1. The summed E-state index contributed by atoms with van der Waals surface area (Å²) in [6.07, 6.45) is -28.5. The molecule has 144 heavy (non-hydrogen) atoms. The first kappa shape index (κ1) is 114. The van der Waals surface area contributed by atoms with Crippen LogP contribution < -0.4 is 52.2 Å². The number of piperazine rings is 4. The monoisotopic (exact) mass is 2040 g/mol. The zero-order valence-corrected chi connectivity index (χ0v) is 78.3. The van der Waals surface area contributed by atoms with E-state index < -0.39 is 119 Å². The lowest BCUT2D eigenvalue weighted by Crippen LogP contribution is -2.50. The lowest BCUT2D eigenvalue weighted by Gasteiger charge is -2.36.